The molecule has 2 atom stereocenters. The quantitative estimate of drug-likeness (QED) is 0.559. The van der Waals surface area contributed by atoms with Crippen molar-refractivity contribution in [1.29, 1.82) is 0 Å². The first-order valence-corrected chi connectivity index (χ1v) is 12.8. The van der Waals surface area contributed by atoms with Crippen LogP contribution in [0.15, 0.2) is 36.8 Å². The van der Waals surface area contributed by atoms with E-state index in [4.69, 9.17) is 19.7 Å². The Balaban J connectivity index is 1.15. The van der Waals surface area contributed by atoms with Crippen LogP contribution in [0, 0.1) is 5.92 Å². The van der Waals surface area contributed by atoms with Gasteiger partial charge in [0.1, 0.15) is 5.65 Å². The fraction of sp³-hybridized carbons (Fsp3) is 0.577. The van der Waals surface area contributed by atoms with Crippen molar-refractivity contribution in [2.75, 3.05) is 57.9 Å². The normalized spacial score (nSPS) is 23.6. The number of rotatable bonds is 6. The molecule has 0 saturated carbocycles. The summed E-state index contributed by atoms with van der Waals surface area (Å²) in [6.07, 6.45) is 10.7. The molecule has 8 heteroatoms. The lowest BCUT2D eigenvalue weighted by molar-refractivity contribution is 0.164. The average molecular weight is 462 g/mol. The zero-order valence-corrected chi connectivity index (χ0v) is 20.1. The second kappa shape index (κ2) is 9.60. The molecule has 8 nitrogen and oxygen atoms in total. The van der Waals surface area contributed by atoms with E-state index in [0.29, 0.717) is 12.0 Å². The van der Waals surface area contributed by atoms with Crippen molar-refractivity contribution < 1.29 is 4.74 Å². The maximum atomic E-state index is 5.56. The van der Waals surface area contributed by atoms with Crippen molar-refractivity contribution in [2.24, 2.45) is 5.92 Å². The van der Waals surface area contributed by atoms with Gasteiger partial charge in [-0.3, -0.25) is 19.2 Å². The Labute approximate surface area is 201 Å². The first kappa shape index (κ1) is 21.9. The van der Waals surface area contributed by atoms with Crippen LogP contribution in [-0.2, 0) is 17.7 Å². The second-order valence-electron chi connectivity index (χ2n) is 10.1. The highest BCUT2D eigenvalue weighted by Crippen LogP contribution is 2.32. The third kappa shape index (κ3) is 4.42. The minimum atomic E-state index is 0.353. The molecule has 0 spiro atoms. The zero-order valence-electron chi connectivity index (χ0n) is 20.1. The smallest absolute Gasteiger partial charge is 0.211 e. The summed E-state index contributed by atoms with van der Waals surface area (Å²) in [5.74, 6) is 1.71. The Bertz CT molecular complexity index is 1120. The monoisotopic (exact) mass is 461 g/mol. The molecule has 2 fully saturated rings. The fourth-order valence-corrected chi connectivity index (χ4v) is 5.87. The van der Waals surface area contributed by atoms with E-state index in [1.54, 1.807) is 0 Å². The van der Waals surface area contributed by atoms with Crippen LogP contribution < -0.4 is 4.90 Å². The molecule has 0 radical (unpaired) electrons. The second-order valence-corrected chi connectivity index (χ2v) is 10.1. The fourth-order valence-electron chi connectivity index (χ4n) is 5.87. The van der Waals surface area contributed by atoms with Crippen LogP contribution in [0.3, 0.4) is 0 Å². The summed E-state index contributed by atoms with van der Waals surface area (Å²) in [6, 6.07) is 6.65. The van der Waals surface area contributed by atoms with Crippen molar-refractivity contribution in [3.63, 3.8) is 0 Å². The van der Waals surface area contributed by atoms with Gasteiger partial charge in [0.25, 0.3) is 0 Å². The van der Waals surface area contributed by atoms with Crippen molar-refractivity contribution in [3.05, 3.63) is 53.7 Å². The molecule has 0 N–H and O–H groups in total. The summed E-state index contributed by atoms with van der Waals surface area (Å²) in [7, 11) is 2.20. The van der Waals surface area contributed by atoms with Crippen molar-refractivity contribution >= 4 is 11.6 Å². The predicted molar refractivity (Wildman–Crippen MR) is 132 cm³/mol. The lowest BCUT2D eigenvalue weighted by Gasteiger charge is -2.36. The summed E-state index contributed by atoms with van der Waals surface area (Å²) in [5.41, 5.74) is 4.69. The minimum absolute atomic E-state index is 0.353. The van der Waals surface area contributed by atoms with Gasteiger partial charge in [-0.2, -0.15) is 0 Å². The van der Waals surface area contributed by atoms with Gasteiger partial charge >= 0.3 is 0 Å². The van der Waals surface area contributed by atoms with Gasteiger partial charge in [0.05, 0.1) is 24.0 Å². The molecule has 0 amide bonds. The zero-order chi connectivity index (χ0) is 22.9. The van der Waals surface area contributed by atoms with Crippen LogP contribution in [0.4, 0.5) is 5.95 Å². The number of nitrogens with zero attached hydrogens (tertiary/aromatic N) is 7. The number of aryl methyl sites for hydroxylation is 1. The molecule has 2 saturated heterocycles. The highest BCUT2D eigenvalue weighted by atomic mass is 16.5. The Hall–Kier alpha value is -2.55. The van der Waals surface area contributed by atoms with Crippen LogP contribution in [0.5, 0.6) is 0 Å². The maximum absolute atomic E-state index is 5.56. The first-order valence-electron chi connectivity index (χ1n) is 12.8. The minimum Gasteiger partial charge on any atom is -0.381 e. The number of imidazole rings is 1. The van der Waals surface area contributed by atoms with Crippen molar-refractivity contribution in [3.8, 4) is 0 Å². The molecule has 2 unspecified atom stereocenters. The van der Waals surface area contributed by atoms with Gasteiger partial charge in [0.2, 0.25) is 5.95 Å². The number of fused-ring (bicyclic) bond motifs is 2. The van der Waals surface area contributed by atoms with Gasteiger partial charge in [-0.15, -0.1) is 0 Å². The summed E-state index contributed by atoms with van der Waals surface area (Å²) < 4.78 is 7.74. The molecule has 3 aromatic rings. The molecular formula is C26H35N7O. The SMILES string of the molecule is CN(Cc1cn2c(N3CCN(CC4CCOC4)CC3)nccc2n1)C1CCCc2cccnc21. The Kier molecular flexibility index (Phi) is 6.20. The lowest BCUT2D eigenvalue weighted by Crippen LogP contribution is -2.48. The molecule has 180 valence electrons. The molecule has 5 heterocycles. The lowest BCUT2D eigenvalue weighted by atomic mass is 9.91. The van der Waals surface area contributed by atoms with Gasteiger partial charge in [-0.05, 0) is 56.3 Å². The topological polar surface area (TPSA) is 62.0 Å². The third-order valence-corrected chi connectivity index (χ3v) is 7.72. The average Bonchev–Trinajstić information content (AvgIpc) is 3.53. The molecule has 3 aliphatic rings. The van der Waals surface area contributed by atoms with E-state index in [1.165, 1.54) is 24.1 Å². The summed E-state index contributed by atoms with van der Waals surface area (Å²) >= 11 is 0. The van der Waals surface area contributed by atoms with E-state index in [-0.39, 0.29) is 0 Å². The van der Waals surface area contributed by atoms with Crippen molar-refractivity contribution in [2.45, 2.75) is 38.3 Å². The number of hydrogen-bond donors (Lipinski definition) is 0. The van der Waals surface area contributed by atoms with E-state index < -0.39 is 0 Å². The van der Waals surface area contributed by atoms with Crippen LogP contribution in [0.25, 0.3) is 5.65 Å². The number of aromatic nitrogens is 4. The van der Waals surface area contributed by atoms with Gasteiger partial charge in [0, 0.05) is 64.5 Å². The van der Waals surface area contributed by atoms with Crippen molar-refractivity contribution in [1.82, 2.24) is 29.2 Å². The summed E-state index contributed by atoms with van der Waals surface area (Å²) in [5, 5.41) is 0. The third-order valence-electron chi connectivity index (χ3n) is 7.72. The molecule has 2 aliphatic heterocycles. The molecule has 6 rings (SSSR count). The molecule has 1 aliphatic carbocycles. The standard InChI is InChI=1S/C26H35N7O/c1-30(23-6-2-4-21-5-3-9-27-25(21)23)17-22-18-33-24(29-22)7-10-28-26(33)32-13-11-31(12-14-32)16-20-8-15-34-19-20/h3,5,7,9-10,18,20,23H,2,4,6,8,11-17,19H2,1H3. The number of piperazine rings is 1. The largest absolute Gasteiger partial charge is 0.381 e. The number of anilines is 1. The maximum Gasteiger partial charge on any atom is 0.211 e. The van der Waals surface area contributed by atoms with E-state index in [0.717, 1.165) is 82.6 Å². The van der Waals surface area contributed by atoms with Crippen LogP contribution in [0.1, 0.15) is 42.3 Å². The highest BCUT2D eigenvalue weighted by molar-refractivity contribution is 5.48. The number of hydrogen-bond acceptors (Lipinski definition) is 7. The number of pyridine rings is 1. The Morgan fingerprint density at radius 3 is 2.85 bits per heavy atom. The molecule has 0 aromatic carbocycles. The van der Waals surface area contributed by atoms with Crippen LogP contribution >= 0.6 is 0 Å². The van der Waals surface area contributed by atoms with Crippen LogP contribution in [0.2, 0.25) is 0 Å². The molecule has 3 aromatic heterocycles. The Morgan fingerprint density at radius 2 is 2.00 bits per heavy atom. The first-order chi connectivity index (χ1) is 16.7. The molecular weight excluding hydrogens is 426 g/mol. The summed E-state index contributed by atoms with van der Waals surface area (Å²) in [4.78, 5) is 21.8. The van der Waals surface area contributed by atoms with E-state index in [9.17, 15) is 0 Å². The van der Waals surface area contributed by atoms with Gasteiger partial charge in [-0.25, -0.2) is 9.97 Å². The van der Waals surface area contributed by atoms with Gasteiger partial charge in [0.15, 0.2) is 0 Å². The molecule has 34 heavy (non-hydrogen) atoms. The predicted octanol–water partition coefficient (Wildman–Crippen LogP) is 2.79. The molecule has 0 bridgehead atoms. The van der Waals surface area contributed by atoms with E-state index in [1.807, 2.05) is 18.5 Å². The highest BCUT2D eigenvalue weighted by Gasteiger charge is 2.27. The van der Waals surface area contributed by atoms with Crippen LogP contribution in [-0.4, -0.2) is 82.1 Å². The summed E-state index contributed by atoms with van der Waals surface area (Å²) in [6.45, 7) is 7.97. The van der Waals surface area contributed by atoms with E-state index in [2.05, 4.69) is 44.5 Å². The van der Waals surface area contributed by atoms with Gasteiger partial charge in [-0.1, -0.05) is 6.07 Å². The number of ether oxygens (including phenoxy) is 1. The van der Waals surface area contributed by atoms with E-state index >= 15 is 0 Å². The Morgan fingerprint density at radius 1 is 1.09 bits per heavy atom. The van der Waals surface area contributed by atoms with Gasteiger partial charge < -0.3 is 9.64 Å².